The third kappa shape index (κ3) is 4.38. The number of rotatable bonds is 5. The maximum Gasteiger partial charge on any atom is 0.310 e. The number of amides is 2. The van der Waals surface area contributed by atoms with Crippen LogP contribution in [0.2, 0.25) is 0 Å². The van der Waals surface area contributed by atoms with Gasteiger partial charge in [-0.15, -0.1) is 0 Å². The van der Waals surface area contributed by atoms with Crippen LogP contribution in [-0.2, 0) is 14.3 Å². The Balaban J connectivity index is 1.59. The quantitative estimate of drug-likeness (QED) is 0.833. The summed E-state index contributed by atoms with van der Waals surface area (Å²) in [4.78, 5) is 38.0. The highest BCUT2D eigenvalue weighted by Crippen LogP contribution is 2.30. The molecule has 1 aliphatic heterocycles. The van der Waals surface area contributed by atoms with Gasteiger partial charge in [-0.1, -0.05) is 0 Å². The highest BCUT2D eigenvalue weighted by molar-refractivity contribution is 5.97. The molecule has 1 heterocycles. The first-order chi connectivity index (χ1) is 12.1. The molecule has 3 rings (SSSR count). The molecule has 1 unspecified atom stereocenters. The fourth-order valence-corrected chi connectivity index (χ4v) is 3.08. The molecule has 25 heavy (non-hydrogen) atoms. The van der Waals surface area contributed by atoms with Crippen molar-refractivity contribution in [2.45, 2.75) is 32.6 Å². The van der Waals surface area contributed by atoms with E-state index in [4.69, 9.17) is 4.74 Å². The third-order valence-electron chi connectivity index (χ3n) is 4.68. The van der Waals surface area contributed by atoms with Crippen molar-refractivity contribution < 1.29 is 19.1 Å². The minimum absolute atomic E-state index is 0.0485. The van der Waals surface area contributed by atoms with Crippen molar-refractivity contribution in [3.63, 3.8) is 0 Å². The van der Waals surface area contributed by atoms with Crippen molar-refractivity contribution in [1.82, 2.24) is 4.90 Å². The molecule has 2 aliphatic rings. The Hall–Kier alpha value is -2.37. The second-order valence-corrected chi connectivity index (χ2v) is 6.68. The van der Waals surface area contributed by atoms with E-state index in [-0.39, 0.29) is 29.6 Å². The van der Waals surface area contributed by atoms with E-state index < -0.39 is 0 Å². The molecule has 1 aromatic rings. The van der Waals surface area contributed by atoms with E-state index in [9.17, 15) is 14.4 Å². The Bertz CT molecular complexity index is 652. The predicted molar refractivity (Wildman–Crippen MR) is 93.1 cm³/mol. The zero-order valence-electron chi connectivity index (χ0n) is 14.5. The summed E-state index contributed by atoms with van der Waals surface area (Å²) < 4.78 is 5.08. The SMILES string of the molecule is CCOC(=O)C1CCCN(C(=O)c2ccc(NC(=O)C3CC3)cc2)C1. The van der Waals surface area contributed by atoms with Crippen molar-refractivity contribution in [1.29, 1.82) is 0 Å². The lowest BCUT2D eigenvalue weighted by molar-refractivity contribution is -0.149. The Morgan fingerprint density at radius 3 is 2.48 bits per heavy atom. The van der Waals surface area contributed by atoms with Gasteiger partial charge in [0.15, 0.2) is 0 Å². The number of nitrogens with zero attached hydrogens (tertiary/aromatic N) is 1. The number of anilines is 1. The molecule has 2 fully saturated rings. The van der Waals surface area contributed by atoms with Crippen LogP contribution in [0.25, 0.3) is 0 Å². The molecule has 2 amide bonds. The molecule has 1 aliphatic carbocycles. The highest BCUT2D eigenvalue weighted by Gasteiger charge is 2.31. The number of ether oxygens (including phenoxy) is 1. The maximum absolute atomic E-state index is 12.7. The lowest BCUT2D eigenvalue weighted by Crippen LogP contribution is -2.42. The number of likely N-dealkylation sites (tertiary alicyclic amines) is 1. The number of hydrogen-bond acceptors (Lipinski definition) is 4. The Labute approximate surface area is 147 Å². The lowest BCUT2D eigenvalue weighted by atomic mass is 9.97. The van der Waals surface area contributed by atoms with Crippen LogP contribution < -0.4 is 5.32 Å². The molecule has 0 aromatic heterocycles. The second kappa shape index (κ2) is 7.68. The number of hydrogen-bond donors (Lipinski definition) is 1. The second-order valence-electron chi connectivity index (χ2n) is 6.68. The average molecular weight is 344 g/mol. The van der Waals surface area contributed by atoms with Gasteiger partial charge in [0.05, 0.1) is 12.5 Å². The third-order valence-corrected chi connectivity index (χ3v) is 4.68. The maximum atomic E-state index is 12.7. The summed E-state index contributed by atoms with van der Waals surface area (Å²) in [6.45, 7) is 3.19. The molecule has 6 nitrogen and oxygen atoms in total. The summed E-state index contributed by atoms with van der Waals surface area (Å²) in [5.41, 5.74) is 1.27. The smallest absolute Gasteiger partial charge is 0.310 e. The van der Waals surface area contributed by atoms with Crippen LogP contribution in [0.5, 0.6) is 0 Å². The molecule has 0 bridgehead atoms. The summed E-state index contributed by atoms with van der Waals surface area (Å²) in [6, 6.07) is 6.94. The fourth-order valence-electron chi connectivity index (χ4n) is 3.08. The van der Waals surface area contributed by atoms with Crippen LogP contribution in [0.4, 0.5) is 5.69 Å². The van der Waals surface area contributed by atoms with Gasteiger partial charge in [0.25, 0.3) is 5.91 Å². The zero-order chi connectivity index (χ0) is 17.8. The molecule has 1 aromatic carbocycles. The standard InChI is InChI=1S/C19H24N2O4/c1-2-25-19(24)15-4-3-11-21(12-15)18(23)14-7-9-16(10-8-14)20-17(22)13-5-6-13/h7-10,13,15H,2-6,11-12H2,1H3,(H,20,22). The Morgan fingerprint density at radius 2 is 1.84 bits per heavy atom. The topological polar surface area (TPSA) is 75.7 Å². The van der Waals surface area contributed by atoms with Crippen molar-refractivity contribution in [2.75, 3.05) is 25.0 Å². The number of carbonyl (C=O) groups is 3. The highest BCUT2D eigenvalue weighted by atomic mass is 16.5. The minimum Gasteiger partial charge on any atom is -0.466 e. The molecule has 1 saturated carbocycles. The zero-order valence-corrected chi connectivity index (χ0v) is 14.5. The van der Waals surface area contributed by atoms with Crippen LogP contribution in [0.3, 0.4) is 0 Å². The van der Waals surface area contributed by atoms with E-state index in [1.165, 1.54) is 0 Å². The van der Waals surface area contributed by atoms with E-state index >= 15 is 0 Å². The van der Waals surface area contributed by atoms with E-state index in [2.05, 4.69) is 5.32 Å². The van der Waals surface area contributed by atoms with Gasteiger partial charge in [0.2, 0.25) is 5.91 Å². The van der Waals surface area contributed by atoms with Gasteiger partial charge in [0, 0.05) is 30.3 Å². The van der Waals surface area contributed by atoms with Gasteiger partial charge in [-0.2, -0.15) is 0 Å². The summed E-state index contributed by atoms with van der Waals surface area (Å²) >= 11 is 0. The molecule has 6 heteroatoms. The van der Waals surface area contributed by atoms with Crippen molar-refractivity contribution in [2.24, 2.45) is 11.8 Å². The van der Waals surface area contributed by atoms with Crippen molar-refractivity contribution in [3.05, 3.63) is 29.8 Å². The molecule has 1 saturated heterocycles. The molecule has 0 spiro atoms. The summed E-state index contributed by atoms with van der Waals surface area (Å²) in [6.07, 6.45) is 3.47. The number of nitrogens with one attached hydrogen (secondary N) is 1. The normalized spacial score (nSPS) is 20.0. The van der Waals surface area contributed by atoms with Gasteiger partial charge in [-0.3, -0.25) is 14.4 Å². The van der Waals surface area contributed by atoms with Gasteiger partial charge in [-0.25, -0.2) is 0 Å². The summed E-state index contributed by atoms with van der Waals surface area (Å²) in [7, 11) is 0. The molecular weight excluding hydrogens is 320 g/mol. The Kier molecular flexibility index (Phi) is 5.36. The van der Waals surface area contributed by atoms with Crippen LogP contribution in [-0.4, -0.2) is 42.4 Å². The lowest BCUT2D eigenvalue weighted by Gasteiger charge is -2.31. The monoisotopic (exact) mass is 344 g/mol. The fraction of sp³-hybridized carbons (Fsp3) is 0.526. The van der Waals surface area contributed by atoms with E-state index in [0.717, 1.165) is 25.7 Å². The largest absolute Gasteiger partial charge is 0.466 e. The number of piperidine rings is 1. The first kappa shape index (κ1) is 17.5. The Morgan fingerprint density at radius 1 is 1.12 bits per heavy atom. The summed E-state index contributed by atoms with van der Waals surface area (Å²) in [5.74, 6) is -0.358. The molecule has 0 radical (unpaired) electrons. The number of benzene rings is 1. The first-order valence-electron chi connectivity index (χ1n) is 8.95. The van der Waals surface area contributed by atoms with Gasteiger partial charge in [0.1, 0.15) is 0 Å². The van der Waals surface area contributed by atoms with Crippen molar-refractivity contribution >= 4 is 23.5 Å². The van der Waals surface area contributed by atoms with E-state index in [0.29, 0.717) is 30.9 Å². The summed E-state index contributed by atoms with van der Waals surface area (Å²) in [5, 5.41) is 2.86. The average Bonchev–Trinajstić information content (AvgIpc) is 3.47. The first-order valence-corrected chi connectivity index (χ1v) is 8.95. The van der Waals surface area contributed by atoms with Gasteiger partial charge >= 0.3 is 5.97 Å². The number of carbonyl (C=O) groups excluding carboxylic acids is 3. The molecule has 1 atom stereocenters. The van der Waals surface area contributed by atoms with Crippen LogP contribution in [0, 0.1) is 11.8 Å². The van der Waals surface area contributed by atoms with Crippen LogP contribution >= 0.6 is 0 Å². The number of esters is 1. The minimum atomic E-state index is -0.241. The van der Waals surface area contributed by atoms with E-state index in [1.807, 2.05) is 0 Å². The molecule has 134 valence electrons. The van der Waals surface area contributed by atoms with Gasteiger partial charge < -0.3 is 15.0 Å². The molecule has 1 N–H and O–H groups in total. The van der Waals surface area contributed by atoms with Crippen molar-refractivity contribution in [3.8, 4) is 0 Å². The van der Waals surface area contributed by atoms with Crippen LogP contribution in [0.15, 0.2) is 24.3 Å². The predicted octanol–water partition coefficient (Wildman–Crippen LogP) is 2.45. The molecular formula is C19H24N2O4. The van der Waals surface area contributed by atoms with Crippen LogP contribution in [0.1, 0.15) is 43.0 Å². The van der Waals surface area contributed by atoms with E-state index in [1.54, 1.807) is 36.1 Å². The van der Waals surface area contributed by atoms with Gasteiger partial charge in [-0.05, 0) is 56.9 Å².